The van der Waals surface area contributed by atoms with Crippen LogP contribution in [0.2, 0.25) is 0 Å². The first-order valence-corrected chi connectivity index (χ1v) is 10.1. The van der Waals surface area contributed by atoms with Crippen LogP contribution in [0.1, 0.15) is 30.4 Å². The number of halogens is 1. The maximum atomic E-state index is 13.9. The molecule has 0 aromatic heterocycles. The lowest BCUT2D eigenvalue weighted by atomic mass is 9.98. The van der Waals surface area contributed by atoms with Gasteiger partial charge in [0.25, 0.3) is 0 Å². The molecule has 0 aliphatic carbocycles. The second-order valence-electron chi connectivity index (χ2n) is 8.05. The molecule has 0 unspecified atom stereocenters. The van der Waals surface area contributed by atoms with Crippen molar-refractivity contribution in [2.45, 2.75) is 44.9 Å². The molecule has 1 amide bonds. The zero-order valence-corrected chi connectivity index (χ0v) is 16.0. The first-order chi connectivity index (χ1) is 13.1. The summed E-state index contributed by atoms with van der Waals surface area (Å²) in [6.45, 7) is 6.15. The highest BCUT2D eigenvalue weighted by atomic mass is 19.1. The van der Waals surface area contributed by atoms with Gasteiger partial charge in [0.1, 0.15) is 5.82 Å². The van der Waals surface area contributed by atoms with Gasteiger partial charge < -0.3 is 14.8 Å². The highest BCUT2D eigenvalue weighted by Crippen LogP contribution is 2.35. The highest BCUT2D eigenvalue weighted by molar-refractivity contribution is 5.80. The van der Waals surface area contributed by atoms with Gasteiger partial charge >= 0.3 is 0 Å². The summed E-state index contributed by atoms with van der Waals surface area (Å²) >= 11 is 0. The number of carbonyl (C=O) groups excluding carboxylic acids is 1. The quantitative estimate of drug-likeness (QED) is 0.857. The van der Waals surface area contributed by atoms with Crippen LogP contribution in [0.15, 0.2) is 18.2 Å². The minimum absolute atomic E-state index is 0.0476. The lowest BCUT2D eigenvalue weighted by molar-refractivity contribution is -0.128. The standard InChI is InChI=1S/C21H29FN2O3/c1-14-16(3-2-4-18(14)22)12-24-13-17(20-19(24)7-10-27-20)21(25)23-11-15-5-8-26-9-6-15/h2-4,15,17,19-20H,5-13H2,1H3,(H,23,25)/t17-,19-,20+/m1/s1. The molecule has 148 valence electrons. The summed E-state index contributed by atoms with van der Waals surface area (Å²) in [6, 6.07) is 5.47. The van der Waals surface area contributed by atoms with Crippen LogP contribution in [-0.4, -0.2) is 55.9 Å². The Morgan fingerprint density at radius 1 is 1.26 bits per heavy atom. The molecule has 6 heteroatoms. The van der Waals surface area contributed by atoms with Crippen molar-refractivity contribution in [3.63, 3.8) is 0 Å². The topological polar surface area (TPSA) is 50.8 Å². The summed E-state index contributed by atoms with van der Waals surface area (Å²) < 4.78 is 25.2. The molecule has 1 N–H and O–H groups in total. The van der Waals surface area contributed by atoms with Crippen LogP contribution in [0.25, 0.3) is 0 Å². The minimum Gasteiger partial charge on any atom is -0.381 e. The van der Waals surface area contributed by atoms with Crippen molar-refractivity contribution < 1.29 is 18.7 Å². The van der Waals surface area contributed by atoms with Crippen LogP contribution in [0, 0.1) is 24.6 Å². The van der Waals surface area contributed by atoms with E-state index in [0.717, 1.165) is 44.6 Å². The fourth-order valence-corrected chi connectivity index (χ4v) is 4.65. The third-order valence-electron chi connectivity index (χ3n) is 6.40. The number of hydrogen-bond donors (Lipinski definition) is 1. The molecule has 1 aromatic rings. The van der Waals surface area contributed by atoms with Crippen molar-refractivity contribution in [2.24, 2.45) is 11.8 Å². The highest BCUT2D eigenvalue weighted by Gasteiger charge is 2.48. The van der Waals surface area contributed by atoms with Crippen LogP contribution in [0.3, 0.4) is 0 Å². The molecule has 0 saturated carbocycles. The summed E-state index contributed by atoms with van der Waals surface area (Å²) in [4.78, 5) is 15.1. The Bertz CT molecular complexity index is 677. The van der Waals surface area contributed by atoms with E-state index in [1.807, 2.05) is 13.0 Å². The fourth-order valence-electron chi connectivity index (χ4n) is 4.65. The number of amides is 1. The van der Waals surface area contributed by atoms with Gasteiger partial charge in [-0.2, -0.15) is 0 Å². The predicted octanol–water partition coefficient (Wildman–Crippen LogP) is 2.27. The molecule has 3 aliphatic rings. The van der Waals surface area contributed by atoms with E-state index in [1.54, 1.807) is 6.07 Å². The van der Waals surface area contributed by atoms with Crippen LogP contribution in [0.5, 0.6) is 0 Å². The van der Waals surface area contributed by atoms with E-state index in [0.29, 0.717) is 31.2 Å². The van der Waals surface area contributed by atoms with Gasteiger partial charge in [-0.3, -0.25) is 9.69 Å². The number of likely N-dealkylation sites (tertiary alicyclic amines) is 1. The van der Waals surface area contributed by atoms with Crippen LogP contribution < -0.4 is 5.32 Å². The summed E-state index contributed by atoms with van der Waals surface area (Å²) in [6.07, 6.45) is 2.91. The Labute approximate surface area is 160 Å². The van der Waals surface area contributed by atoms with Gasteiger partial charge in [0.05, 0.1) is 12.0 Å². The molecule has 0 bridgehead atoms. The lowest BCUT2D eigenvalue weighted by Gasteiger charge is -2.24. The van der Waals surface area contributed by atoms with Gasteiger partial charge in [0.2, 0.25) is 5.91 Å². The fraction of sp³-hybridized carbons (Fsp3) is 0.667. The Kier molecular flexibility index (Phi) is 5.76. The van der Waals surface area contributed by atoms with Gasteiger partial charge in [-0.05, 0) is 49.3 Å². The van der Waals surface area contributed by atoms with Gasteiger partial charge in [-0.15, -0.1) is 0 Å². The molecular formula is C21H29FN2O3. The van der Waals surface area contributed by atoms with Crippen molar-refractivity contribution in [1.29, 1.82) is 0 Å². The molecular weight excluding hydrogens is 347 g/mol. The molecule has 4 rings (SSSR count). The van der Waals surface area contributed by atoms with E-state index in [-0.39, 0.29) is 29.8 Å². The largest absolute Gasteiger partial charge is 0.381 e. The smallest absolute Gasteiger partial charge is 0.227 e. The maximum Gasteiger partial charge on any atom is 0.227 e. The minimum atomic E-state index is -0.170. The molecule has 3 aliphatic heterocycles. The number of nitrogens with zero attached hydrogens (tertiary/aromatic N) is 1. The molecule has 5 nitrogen and oxygen atoms in total. The second kappa shape index (κ2) is 8.25. The van der Waals surface area contributed by atoms with E-state index < -0.39 is 0 Å². The van der Waals surface area contributed by atoms with Crippen molar-refractivity contribution >= 4 is 5.91 Å². The maximum absolute atomic E-state index is 13.9. The molecule has 3 atom stereocenters. The molecule has 0 radical (unpaired) electrons. The predicted molar refractivity (Wildman–Crippen MR) is 99.7 cm³/mol. The van der Waals surface area contributed by atoms with Gasteiger partial charge in [-0.25, -0.2) is 4.39 Å². The molecule has 3 heterocycles. The number of hydrogen-bond acceptors (Lipinski definition) is 4. The zero-order chi connectivity index (χ0) is 18.8. The molecule has 27 heavy (non-hydrogen) atoms. The van der Waals surface area contributed by atoms with E-state index in [2.05, 4.69) is 10.2 Å². The molecule has 3 saturated heterocycles. The first-order valence-electron chi connectivity index (χ1n) is 10.1. The zero-order valence-electron chi connectivity index (χ0n) is 16.0. The Morgan fingerprint density at radius 2 is 2.07 bits per heavy atom. The number of ether oxygens (including phenoxy) is 2. The lowest BCUT2D eigenvalue weighted by Crippen LogP contribution is -2.40. The van der Waals surface area contributed by atoms with Crippen molar-refractivity contribution in [3.8, 4) is 0 Å². The number of nitrogens with one attached hydrogen (secondary N) is 1. The van der Waals surface area contributed by atoms with Crippen LogP contribution in [0.4, 0.5) is 4.39 Å². The molecule has 1 aromatic carbocycles. The van der Waals surface area contributed by atoms with Crippen molar-refractivity contribution in [1.82, 2.24) is 10.2 Å². The second-order valence-corrected chi connectivity index (χ2v) is 8.05. The SMILES string of the molecule is Cc1c(F)cccc1CN1C[C@@H](C(=O)NCC2CCOCC2)[C@@H]2OCC[C@H]21. The van der Waals surface area contributed by atoms with Gasteiger partial charge in [0, 0.05) is 45.5 Å². The normalized spacial score (nSPS) is 29.0. The summed E-state index contributed by atoms with van der Waals surface area (Å²) in [5, 5.41) is 3.15. The summed E-state index contributed by atoms with van der Waals surface area (Å²) in [5.74, 6) is 0.287. The van der Waals surface area contributed by atoms with Gasteiger partial charge in [-0.1, -0.05) is 12.1 Å². The van der Waals surface area contributed by atoms with Crippen molar-refractivity contribution in [2.75, 3.05) is 32.9 Å². The number of rotatable bonds is 5. The monoisotopic (exact) mass is 376 g/mol. The number of carbonyl (C=O) groups is 1. The average molecular weight is 376 g/mol. The Hall–Kier alpha value is -1.50. The van der Waals surface area contributed by atoms with E-state index in [4.69, 9.17) is 9.47 Å². The van der Waals surface area contributed by atoms with Gasteiger partial charge in [0.15, 0.2) is 0 Å². The van der Waals surface area contributed by atoms with Crippen LogP contribution in [-0.2, 0) is 20.8 Å². The number of fused-ring (bicyclic) bond motifs is 1. The van der Waals surface area contributed by atoms with E-state index in [1.165, 1.54) is 6.07 Å². The summed E-state index contributed by atoms with van der Waals surface area (Å²) in [7, 11) is 0. The van der Waals surface area contributed by atoms with E-state index >= 15 is 0 Å². The Balaban J connectivity index is 1.39. The average Bonchev–Trinajstić information content (AvgIpc) is 3.28. The third kappa shape index (κ3) is 4.03. The molecule has 0 spiro atoms. The van der Waals surface area contributed by atoms with E-state index in [9.17, 15) is 9.18 Å². The van der Waals surface area contributed by atoms with Crippen molar-refractivity contribution in [3.05, 3.63) is 35.1 Å². The Morgan fingerprint density at radius 3 is 2.89 bits per heavy atom. The molecule has 3 fully saturated rings. The summed E-state index contributed by atoms with van der Waals surface area (Å²) in [5.41, 5.74) is 1.68. The van der Waals surface area contributed by atoms with Crippen LogP contribution >= 0.6 is 0 Å². The third-order valence-corrected chi connectivity index (χ3v) is 6.40. The first kappa shape index (κ1) is 18.8. The number of benzene rings is 1.